The highest BCUT2D eigenvalue weighted by Gasteiger charge is 2.47. The number of fused-ring (bicyclic) bond motifs is 1. The Bertz CT molecular complexity index is 927. The van der Waals surface area contributed by atoms with Crippen LogP contribution < -0.4 is 0 Å². The maximum absolute atomic E-state index is 10.6. The highest BCUT2D eigenvalue weighted by atomic mass is 16.6. The summed E-state index contributed by atoms with van der Waals surface area (Å²) in [5.41, 5.74) is 2.74. The van der Waals surface area contributed by atoms with Crippen molar-refractivity contribution in [3.05, 3.63) is 53.9 Å². The largest absolute Gasteiger partial charge is 0.387 e. The summed E-state index contributed by atoms with van der Waals surface area (Å²) in [4.78, 5) is 12.6. The van der Waals surface area contributed by atoms with Gasteiger partial charge in [-0.05, 0) is 26.0 Å². The summed E-state index contributed by atoms with van der Waals surface area (Å²) in [6.07, 6.45) is -0.718. The first-order chi connectivity index (χ1) is 12.5. The lowest BCUT2D eigenvalue weighted by atomic mass is 10.0. The van der Waals surface area contributed by atoms with Crippen molar-refractivity contribution in [2.45, 2.75) is 44.5 Å². The molecule has 0 aromatic carbocycles. The molecule has 3 N–H and O–H groups in total. The number of hydrogen-bond donors (Lipinski definition) is 3. The van der Waals surface area contributed by atoms with Crippen LogP contribution in [-0.4, -0.2) is 53.2 Å². The first kappa shape index (κ1) is 17.0. The van der Waals surface area contributed by atoms with Crippen LogP contribution in [0.2, 0.25) is 0 Å². The fourth-order valence-corrected chi connectivity index (χ4v) is 3.32. The van der Waals surface area contributed by atoms with E-state index in [0.717, 1.165) is 16.8 Å². The zero-order valence-corrected chi connectivity index (χ0v) is 14.4. The Labute approximate surface area is 149 Å². The van der Waals surface area contributed by atoms with Crippen molar-refractivity contribution in [2.75, 3.05) is 0 Å². The molecule has 0 bridgehead atoms. The Kier molecular flexibility index (Phi) is 4.20. The quantitative estimate of drug-likeness (QED) is 0.636. The Morgan fingerprint density at radius 2 is 1.88 bits per heavy atom. The smallest absolute Gasteiger partial charge is 0.164 e. The highest BCUT2D eigenvalue weighted by Crippen LogP contribution is 2.37. The van der Waals surface area contributed by atoms with E-state index < -0.39 is 30.6 Å². The average Bonchev–Trinajstić information content (AvgIpc) is 3.18. The minimum absolute atomic E-state index is 0.517. The molecule has 4 heterocycles. The van der Waals surface area contributed by atoms with Gasteiger partial charge in [-0.15, -0.1) is 0 Å². The lowest BCUT2D eigenvalue weighted by Crippen LogP contribution is -2.34. The van der Waals surface area contributed by atoms with Crippen LogP contribution >= 0.6 is 0 Å². The number of aliphatic hydroxyl groups is 3. The van der Waals surface area contributed by atoms with E-state index in [1.165, 1.54) is 12.5 Å². The Hall–Kier alpha value is -2.39. The van der Waals surface area contributed by atoms with Gasteiger partial charge in [0.1, 0.15) is 36.4 Å². The molecule has 0 aliphatic carbocycles. The van der Waals surface area contributed by atoms with E-state index in [1.807, 2.05) is 19.9 Å². The zero-order valence-electron chi connectivity index (χ0n) is 14.4. The summed E-state index contributed by atoms with van der Waals surface area (Å²) in [5, 5.41) is 32.4. The van der Waals surface area contributed by atoms with Crippen molar-refractivity contribution in [2.24, 2.45) is 0 Å². The predicted molar refractivity (Wildman–Crippen MR) is 92.1 cm³/mol. The second-order valence-corrected chi connectivity index (χ2v) is 6.57. The standard InChI is InChI=1S/C18H20N4O4/c1-9-3-4-11(7-19-9)13(23)16-14(24)15(25)18(26-16)22-6-5-12-10(2)20-8-21-17(12)22/h3-8,13-16,18,23-25H,1-2H3/t13?,14-,15+,16+,18+/m0/s1. The van der Waals surface area contributed by atoms with Gasteiger partial charge in [-0.3, -0.25) is 4.98 Å². The second-order valence-electron chi connectivity index (χ2n) is 6.57. The van der Waals surface area contributed by atoms with E-state index in [-0.39, 0.29) is 0 Å². The van der Waals surface area contributed by atoms with Crippen molar-refractivity contribution < 1.29 is 20.1 Å². The van der Waals surface area contributed by atoms with Gasteiger partial charge in [0.25, 0.3) is 0 Å². The number of rotatable bonds is 3. The molecule has 1 aliphatic rings. The van der Waals surface area contributed by atoms with E-state index in [4.69, 9.17) is 4.74 Å². The number of pyridine rings is 1. The van der Waals surface area contributed by atoms with Crippen molar-refractivity contribution in [1.29, 1.82) is 0 Å². The molecule has 0 radical (unpaired) electrons. The summed E-state index contributed by atoms with van der Waals surface area (Å²) in [7, 11) is 0. The normalized spacial score (nSPS) is 27.1. The van der Waals surface area contributed by atoms with Gasteiger partial charge in [-0.25, -0.2) is 9.97 Å². The van der Waals surface area contributed by atoms with Gasteiger partial charge < -0.3 is 24.6 Å². The van der Waals surface area contributed by atoms with Crippen LogP contribution in [0.25, 0.3) is 11.0 Å². The number of ether oxygens (including phenoxy) is 1. The minimum Gasteiger partial charge on any atom is -0.387 e. The molecular weight excluding hydrogens is 336 g/mol. The molecule has 3 aromatic heterocycles. The van der Waals surface area contributed by atoms with Crippen LogP contribution in [0.1, 0.15) is 29.3 Å². The van der Waals surface area contributed by atoms with Crippen LogP contribution in [-0.2, 0) is 4.74 Å². The van der Waals surface area contributed by atoms with Crippen LogP contribution in [0.5, 0.6) is 0 Å². The number of aryl methyl sites for hydroxylation is 2. The third-order valence-corrected chi connectivity index (χ3v) is 4.84. The van der Waals surface area contributed by atoms with E-state index in [1.54, 1.807) is 22.9 Å². The van der Waals surface area contributed by atoms with Crippen molar-refractivity contribution >= 4 is 11.0 Å². The summed E-state index contributed by atoms with van der Waals surface area (Å²) in [6, 6.07) is 5.33. The summed E-state index contributed by atoms with van der Waals surface area (Å²) in [6.45, 7) is 3.71. The molecule has 4 rings (SSSR count). The molecular formula is C18H20N4O4. The van der Waals surface area contributed by atoms with E-state index in [9.17, 15) is 15.3 Å². The molecule has 3 aromatic rings. The molecule has 26 heavy (non-hydrogen) atoms. The highest BCUT2D eigenvalue weighted by molar-refractivity contribution is 5.78. The molecule has 0 saturated carbocycles. The molecule has 1 saturated heterocycles. The van der Waals surface area contributed by atoms with E-state index in [0.29, 0.717) is 11.2 Å². The predicted octanol–water partition coefficient (Wildman–Crippen LogP) is 0.796. The fourth-order valence-electron chi connectivity index (χ4n) is 3.32. The third-order valence-electron chi connectivity index (χ3n) is 4.84. The van der Waals surface area contributed by atoms with Crippen molar-refractivity contribution in [1.82, 2.24) is 19.5 Å². The average molecular weight is 356 g/mol. The van der Waals surface area contributed by atoms with E-state index in [2.05, 4.69) is 15.0 Å². The Morgan fingerprint density at radius 3 is 2.62 bits per heavy atom. The van der Waals surface area contributed by atoms with Gasteiger partial charge in [0.15, 0.2) is 6.23 Å². The van der Waals surface area contributed by atoms with Gasteiger partial charge >= 0.3 is 0 Å². The summed E-state index contributed by atoms with van der Waals surface area (Å²) in [5.74, 6) is 0. The van der Waals surface area contributed by atoms with Crippen LogP contribution in [0.15, 0.2) is 36.9 Å². The van der Waals surface area contributed by atoms with Crippen molar-refractivity contribution in [3.63, 3.8) is 0 Å². The van der Waals surface area contributed by atoms with Crippen LogP contribution in [0.4, 0.5) is 0 Å². The molecule has 0 amide bonds. The third kappa shape index (κ3) is 2.67. The second kappa shape index (κ2) is 6.40. The molecule has 1 unspecified atom stereocenters. The molecule has 136 valence electrons. The molecule has 5 atom stereocenters. The van der Waals surface area contributed by atoms with Gasteiger partial charge in [0, 0.05) is 29.0 Å². The van der Waals surface area contributed by atoms with Gasteiger partial charge in [-0.1, -0.05) is 6.07 Å². The maximum atomic E-state index is 10.6. The topological polar surface area (TPSA) is 114 Å². The first-order valence-corrected chi connectivity index (χ1v) is 8.37. The number of aliphatic hydroxyl groups excluding tert-OH is 3. The number of hydrogen-bond acceptors (Lipinski definition) is 7. The molecule has 1 aliphatic heterocycles. The van der Waals surface area contributed by atoms with Crippen molar-refractivity contribution in [3.8, 4) is 0 Å². The lowest BCUT2D eigenvalue weighted by molar-refractivity contribution is -0.0849. The fraction of sp³-hybridized carbons (Fsp3) is 0.389. The Balaban J connectivity index is 1.65. The van der Waals surface area contributed by atoms with Gasteiger partial charge in [0.2, 0.25) is 0 Å². The summed E-state index contributed by atoms with van der Waals surface area (Å²) >= 11 is 0. The molecule has 8 heteroatoms. The van der Waals surface area contributed by atoms with E-state index >= 15 is 0 Å². The zero-order chi connectivity index (χ0) is 18.4. The number of nitrogens with zero attached hydrogens (tertiary/aromatic N) is 4. The lowest BCUT2D eigenvalue weighted by Gasteiger charge is -2.21. The maximum Gasteiger partial charge on any atom is 0.164 e. The van der Waals surface area contributed by atoms with Crippen LogP contribution in [0.3, 0.4) is 0 Å². The molecule has 8 nitrogen and oxygen atoms in total. The van der Waals surface area contributed by atoms with Crippen LogP contribution in [0, 0.1) is 13.8 Å². The summed E-state index contributed by atoms with van der Waals surface area (Å²) < 4.78 is 7.50. The SMILES string of the molecule is Cc1ccc(C(O)[C@H]2O[C@@H](n3ccc4c(C)ncnc43)[C@H](O)[C@@H]2O)cn1. The number of aromatic nitrogens is 4. The molecule has 0 spiro atoms. The molecule has 1 fully saturated rings. The van der Waals surface area contributed by atoms with Gasteiger partial charge in [-0.2, -0.15) is 0 Å². The van der Waals surface area contributed by atoms with Gasteiger partial charge in [0.05, 0.1) is 5.69 Å². The Morgan fingerprint density at radius 1 is 1.08 bits per heavy atom. The monoisotopic (exact) mass is 356 g/mol. The minimum atomic E-state index is -1.25. The first-order valence-electron chi connectivity index (χ1n) is 8.37.